The van der Waals surface area contributed by atoms with Crippen LogP contribution >= 0.6 is 0 Å². The maximum Gasteiger partial charge on any atom is 0.349 e. The van der Waals surface area contributed by atoms with E-state index in [1.54, 1.807) is 12.0 Å². The number of amides is 1. The zero-order chi connectivity index (χ0) is 20.6. The summed E-state index contributed by atoms with van der Waals surface area (Å²) in [6.45, 7) is 3.91. The highest BCUT2D eigenvalue weighted by Gasteiger charge is 2.27. The van der Waals surface area contributed by atoms with E-state index in [1.807, 2.05) is 31.2 Å². The molecule has 1 aliphatic heterocycles. The summed E-state index contributed by atoms with van der Waals surface area (Å²) in [6, 6.07) is 12.1. The fraction of sp³-hybridized carbons (Fsp3) is 0.500. The van der Waals surface area contributed by atoms with Gasteiger partial charge in [0.1, 0.15) is 11.3 Å². The molecule has 1 fully saturated rings. The first-order chi connectivity index (χ1) is 14.1. The first kappa shape index (κ1) is 21.3. The van der Waals surface area contributed by atoms with Gasteiger partial charge in [0, 0.05) is 33.2 Å². The minimum atomic E-state index is -0.510. The molecule has 29 heavy (non-hydrogen) atoms. The number of piperidine rings is 1. The number of aryl methyl sites for hydroxylation is 3. The number of rotatable bonds is 8. The Morgan fingerprint density at radius 3 is 2.76 bits per heavy atom. The number of carbonyl (C=O) groups excluding carboxylic acids is 1. The second-order valence-electron chi connectivity index (χ2n) is 7.94. The molecule has 2 heterocycles. The first-order valence-electron chi connectivity index (χ1n) is 10.5. The average Bonchev–Trinajstić information content (AvgIpc) is 2.72. The third-order valence-electron chi connectivity index (χ3n) is 5.68. The predicted molar refractivity (Wildman–Crippen MR) is 113 cm³/mol. The Labute approximate surface area is 172 Å². The molecule has 1 amide bonds. The topological polar surface area (TPSA) is 59.8 Å². The van der Waals surface area contributed by atoms with E-state index < -0.39 is 5.63 Å². The van der Waals surface area contributed by atoms with Crippen molar-refractivity contribution < 1.29 is 13.9 Å². The van der Waals surface area contributed by atoms with Crippen molar-refractivity contribution in [1.29, 1.82) is 0 Å². The van der Waals surface area contributed by atoms with Gasteiger partial charge in [0.25, 0.3) is 5.91 Å². The molecule has 0 aliphatic carbocycles. The Morgan fingerprint density at radius 1 is 1.24 bits per heavy atom. The Morgan fingerprint density at radius 2 is 2.03 bits per heavy atom. The Hall–Kier alpha value is -2.40. The smallest absolute Gasteiger partial charge is 0.349 e. The van der Waals surface area contributed by atoms with Crippen molar-refractivity contribution in [1.82, 2.24) is 4.90 Å². The number of benzene rings is 1. The molecule has 1 aromatic heterocycles. The van der Waals surface area contributed by atoms with Gasteiger partial charge < -0.3 is 14.1 Å². The summed E-state index contributed by atoms with van der Waals surface area (Å²) in [7, 11) is 1.70. The van der Waals surface area contributed by atoms with Crippen molar-refractivity contribution in [3.05, 3.63) is 69.3 Å². The van der Waals surface area contributed by atoms with Gasteiger partial charge >= 0.3 is 5.63 Å². The number of hydrogen-bond acceptors (Lipinski definition) is 4. The molecule has 0 saturated carbocycles. The molecule has 0 N–H and O–H groups in total. The van der Waals surface area contributed by atoms with Crippen molar-refractivity contribution in [2.45, 2.75) is 45.4 Å². The Balaban J connectivity index is 1.64. The maximum atomic E-state index is 13.0. The molecule has 0 radical (unpaired) electrons. The monoisotopic (exact) mass is 397 g/mol. The lowest BCUT2D eigenvalue weighted by molar-refractivity contribution is 0.0636. The second kappa shape index (κ2) is 10.4. The highest BCUT2D eigenvalue weighted by molar-refractivity contribution is 5.95. The molecular formula is C24H31NO4. The summed E-state index contributed by atoms with van der Waals surface area (Å²) >= 11 is 0. The second-order valence-corrected chi connectivity index (χ2v) is 7.94. The summed E-state index contributed by atoms with van der Waals surface area (Å²) in [5.41, 5.74) is 1.65. The van der Waals surface area contributed by atoms with Crippen molar-refractivity contribution in [3.8, 4) is 0 Å². The number of nitrogens with zero attached hydrogens (tertiary/aromatic N) is 1. The van der Waals surface area contributed by atoms with Crippen LogP contribution in [0.25, 0.3) is 0 Å². The summed E-state index contributed by atoms with van der Waals surface area (Å²) in [6.07, 6.45) is 5.51. The first-order valence-corrected chi connectivity index (χ1v) is 10.5. The van der Waals surface area contributed by atoms with Crippen LogP contribution in [0.1, 0.15) is 52.9 Å². The molecule has 5 nitrogen and oxygen atoms in total. The largest absolute Gasteiger partial charge is 0.427 e. The Bertz CT molecular complexity index is 859. The normalized spacial score (nSPS) is 16.8. The van der Waals surface area contributed by atoms with Crippen LogP contribution in [0.15, 0.2) is 45.6 Å². The quantitative estimate of drug-likeness (QED) is 0.675. The molecule has 156 valence electrons. The standard InChI is InChI=1S/C24H31NO4/c1-18-16-21(12-6-10-19-8-4-3-5-9-19)29-24(27)22(18)23(26)25-14-7-11-20(17-25)13-15-28-2/h3-5,8-9,16,20H,6-7,10-15,17H2,1-2H3. The number of likely N-dealkylation sites (tertiary alicyclic amines) is 1. The van der Waals surface area contributed by atoms with Gasteiger partial charge in [0.2, 0.25) is 0 Å². The minimum Gasteiger partial charge on any atom is -0.427 e. The number of methoxy groups -OCH3 is 1. The fourth-order valence-electron chi connectivity index (χ4n) is 4.09. The van der Waals surface area contributed by atoms with Crippen LogP contribution < -0.4 is 5.63 Å². The van der Waals surface area contributed by atoms with E-state index in [2.05, 4.69) is 12.1 Å². The molecule has 5 heteroatoms. The number of carbonyl (C=O) groups is 1. The SMILES string of the molecule is COCCC1CCCN(C(=O)c2c(C)cc(CCCc3ccccc3)oc2=O)C1. The van der Waals surface area contributed by atoms with Crippen molar-refractivity contribution in [2.24, 2.45) is 5.92 Å². The lowest BCUT2D eigenvalue weighted by Crippen LogP contribution is -2.42. The van der Waals surface area contributed by atoms with Gasteiger partial charge in [-0.25, -0.2) is 4.79 Å². The van der Waals surface area contributed by atoms with E-state index >= 15 is 0 Å². The molecule has 0 spiro atoms. The highest BCUT2D eigenvalue weighted by atomic mass is 16.5. The van der Waals surface area contributed by atoms with E-state index in [0.29, 0.717) is 43.4 Å². The van der Waals surface area contributed by atoms with E-state index in [1.165, 1.54) is 5.56 Å². The zero-order valence-corrected chi connectivity index (χ0v) is 17.5. The number of hydrogen-bond donors (Lipinski definition) is 0. The van der Waals surface area contributed by atoms with Gasteiger partial charge in [0.15, 0.2) is 0 Å². The van der Waals surface area contributed by atoms with Crippen molar-refractivity contribution in [2.75, 3.05) is 26.8 Å². The summed E-state index contributed by atoms with van der Waals surface area (Å²) in [5, 5.41) is 0. The van der Waals surface area contributed by atoms with E-state index in [-0.39, 0.29) is 11.5 Å². The molecular weight excluding hydrogens is 366 g/mol. The molecule has 1 aromatic carbocycles. The Kier molecular flexibility index (Phi) is 7.64. The van der Waals surface area contributed by atoms with Crippen LogP contribution in [0.3, 0.4) is 0 Å². The van der Waals surface area contributed by atoms with E-state index in [0.717, 1.165) is 32.1 Å². The fourth-order valence-corrected chi connectivity index (χ4v) is 4.09. The number of ether oxygens (including phenoxy) is 1. The molecule has 2 aromatic rings. The summed E-state index contributed by atoms with van der Waals surface area (Å²) in [4.78, 5) is 27.4. The van der Waals surface area contributed by atoms with Crippen LogP contribution in [0, 0.1) is 12.8 Å². The summed E-state index contributed by atoms with van der Waals surface area (Å²) < 4.78 is 10.7. The lowest BCUT2D eigenvalue weighted by Gasteiger charge is -2.32. The van der Waals surface area contributed by atoms with E-state index in [4.69, 9.17) is 9.15 Å². The highest BCUT2D eigenvalue weighted by Crippen LogP contribution is 2.22. The molecule has 1 unspecified atom stereocenters. The van der Waals surface area contributed by atoms with Crippen molar-refractivity contribution in [3.63, 3.8) is 0 Å². The lowest BCUT2D eigenvalue weighted by atomic mass is 9.94. The molecule has 0 bridgehead atoms. The van der Waals surface area contributed by atoms with Gasteiger partial charge in [-0.1, -0.05) is 30.3 Å². The van der Waals surface area contributed by atoms with Gasteiger partial charge in [0.05, 0.1) is 0 Å². The zero-order valence-electron chi connectivity index (χ0n) is 17.5. The van der Waals surface area contributed by atoms with Crippen LogP contribution in [0.5, 0.6) is 0 Å². The van der Waals surface area contributed by atoms with Crippen molar-refractivity contribution >= 4 is 5.91 Å². The predicted octanol–water partition coefficient (Wildman–Crippen LogP) is 4.01. The minimum absolute atomic E-state index is 0.184. The maximum absolute atomic E-state index is 13.0. The average molecular weight is 398 g/mol. The van der Waals surface area contributed by atoms with E-state index in [9.17, 15) is 9.59 Å². The van der Waals surface area contributed by atoms with Crippen LogP contribution in [0.4, 0.5) is 0 Å². The van der Waals surface area contributed by atoms with Gasteiger partial charge in [-0.2, -0.15) is 0 Å². The molecule has 1 atom stereocenters. The van der Waals surface area contributed by atoms with Crippen LogP contribution in [0.2, 0.25) is 0 Å². The van der Waals surface area contributed by atoms with Crippen LogP contribution in [-0.4, -0.2) is 37.6 Å². The third kappa shape index (κ3) is 5.80. The summed E-state index contributed by atoms with van der Waals surface area (Å²) in [5.74, 6) is 0.878. The molecule has 1 aliphatic rings. The molecule has 3 rings (SSSR count). The van der Waals surface area contributed by atoms with Crippen LogP contribution in [-0.2, 0) is 17.6 Å². The third-order valence-corrected chi connectivity index (χ3v) is 5.68. The van der Waals surface area contributed by atoms with Gasteiger partial charge in [-0.3, -0.25) is 4.79 Å². The van der Waals surface area contributed by atoms with Gasteiger partial charge in [-0.05, 0) is 62.1 Å². The molecule has 1 saturated heterocycles. The van der Waals surface area contributed by atoms with Gasteiger partial charge in [-0.15, -0.1) is 0 Å².